The number of hydrogen-bond donors (Lipinski definition) is 2. The lowest BCUT2D eigenvalue weighted by Crippen LogP contribution is -2.50. The summed E-state index contributed by atoms with van der Waals surface area (Å²) in [5.41, 5.74) is 5.86. The van der Waals surface area contributed by atoms with Gasteiger partial charge in [-0.25, -0.2) is 18.4 Å². The van der Waals surface area contributed by atoms with Gasteiger partial charge in [0.25, 0.3) is 8.32 Å². The van der Waals surface area contributed by atoms with Crippen molar-refractivity contribution in [1.29, 1.82) is 0 Å². The molecule has 22 heteroatoms. The van der Waals surface area contributed by atoms with Gasteiger partial charge in [-0.2, -0.15) is 9.97 Å². The number of imide groups is 1. The number of nitrogens with one attached hydrogen (secondary N) is 1. The molecule has 5 fully saturated rings. The SMILES string of the molecule is CC(C)[Si](C#Cc1c(F)ccc2cc(O[Si](C(C)C)(C(C)C)C(C)C)cc(-c3ncc4c(N5CCC[C@@](C)(O)C5)nc(OC[C@@]56CCCN5[C@H](COC(=O)N5CCC(OCCC#Cc7cccc8c7n(C)c(=O)n8C7CCC(=O)NC7=O)CC5)CC6)nc4c3F)c12)(C(C)C)C(C)C. The molecule has 11 rings (SSSR count). The predicted molar refractivity (Wildman–Crippen MR) is 381 cm³/mol. The van der Waals surface area contributed by atoms with Crippen molar-refractivity contribution in [2.75, 3.05) is 57.4 Å². The van der Waals surface area contributed by atoms with Gasteiger partial charge < -0.3 is 33.5 Å². The molecular weight excluding hydrogens is 1270 g/mol. The van der Waals surface area contributed by atoms with Crippen LogP contribution in [0.1, 0.15) is 178 Å². The van der Waals surface area contributed by atoms with Crippen LogP contribution in [-0.4, -0.2) is 149 Å². The Hall–Kier alpha value is -7.22. The first-order valence-corrected chi connectivity index (χ1v) is 39.8. The number of halogens is 2. The highest BCUT2D eigenvalue weighted by Gasteiger charge is 2.51. The maximum Gasteiger partial charge on any atom is 0.409 e. The van der Waals surface area contributed by atoms with Crippen LogP contribution in [0.4, 0.5) is 19.4 Å². The number of benzene rings is 3. The van der Waals surface area contributed by atoms with E-state index < -0.39 is 51.1 Å². The van der Waals surface area contributed by atoms with Crippen molar-refractivity contribution in [3.05, 3.63) is 81.9 Å². The molecular formula is C75H99F2N9O9Si2. The first-order valence-electron chi connectivity index (χ1n) is 35.4. The molecule has 0 bridgehead atoms. The second-order valence-corrected chi connectivity index (χ2v) is 41.1. The van der Waals surface area contributed by atoms with Gasteiger partial charge in [0.2, 0.25) is 11.8 Å². The van der Waals surface area contributed by atoms with Gasteiger partial charge >= 0.3 is 17.8 Å². The number of likely N-dealkylation sites (tertiary alicyclic amines) is 1. The average molecular weight is 1360 g/mol. The molecule has 0 spiro atoms. The molecule has 5 aliphatic rings. The van der Waals surface area contributed by atoms with Crippen molar-refractivity contribution in [2.24, 2.45) is 7.05 Å². The Morgan fingerprint density at radius 2 is 1.55 bits per heavy atom. The highest BCUT2D eigenvalue weighted by Crippen LogP contribution is 2.48. The Bertz CT molecular complexity index is 4130. The van der Waals surface area contributed by atoms with Gasteiger partial charge in [-0.05, 0) is 140 Å². The smallest absolute Gasteiger partial charge is 0.409 e. The minimum atomic E-state index is -2.59. The van der Waals surface area contributed by atoms with Crippen LogP contribution in [0.15, 0.2) is 53.5 Å². The molecule has 5 aliphatic heterocycles. The van der Waals surface area contributed by atoms with Crippen molar-refractivity contribution in [2.45, 2.75) is 223 Å². The molecule has 2 N–H and O–H groups in total. The molecule has 4 atom stereocenters. The fourth-order valence-electron chi connectivity index (χ4n) is 17.5. The van der Waals surface area contributed by atoms with E-state index in [-0.39, 0.29) is 118 Å². The number of β-amino-alcohol motifs (C(OH)–C–C–N with tert-alkyl or cyclic N) is 1. The number of rotatable bonds is 19. The van der Waals surface area contributed by atoms with Gasteiger partial charge in [-0.3, -0.25) is 33.9 Å². The standard InChI is InChI=1S/C75H99F2N9O9Si2/c1-46(2)96(47(3)4,48(5)6)39-30-57-60(76)24-23-53-40-56(95-97(49(7)8,50(9)10)51(11)12)41-58(64(53)57)66-65(77)67-59(42-78-66)69(84-34-18-31-74(13,91)44-84)81-71(80-67)94-45-75-32-19-35-85(75)54(27-33-75)43-93-73(90)83-36-28-55(29-37-83)92-38-16-15-20-52-21-17-22-61-68(52)82(14)72(89)86(61)62-25-26-63(87)79-70(62)88/h17,21-24,40-42,46-51,54-55,62,91H,16,18-19,25-29,31-38,43-45H2,1-14H3,(H,79,87,88)/t54-,62?,74+,75-/m0/s1. The van der Waals surface area contributed by atoms with Gasteiger partial charge in [0.05, 0.1) is 51.4 Å². The number of fused-ring (bicyclic) bond motifs is 4. The van der Waals surface area contributed by atoms with Crippen LogP contribution in [0.25, 0.3) is 44.0 Å². The Kier molecular flexibility index (Phi) is 20.9. The van der Waals surface area contributed by atoms with Crippen LogP contribution in [-0.2, 0) is 26.1 Å². The summed E-state index contributed by atoms with van der Waals surface area (Å²) in [6, 6.07) is 11.6. The number of pyridine rings is 1. The number of ether oxygens (including phenoxy) is 3. The number of aromatic nitrogens is 5. The zero-order valence-electron chi connectivity index (χ0n) is 59.3. The van der Waals surface area contributed by atoms with Crippen LogP contribution in [0.3, 0.4) is 0 Å². The minimum absolute atomic E-state index is 0.0120. The molecule has 0 radical (unpaired) electrons. The Morgan fingerprint density at radius 1 is 0.835 bits per heavy atom. The number of para-hydroxylation sites is 1. The lowest BCUT2D eigenvalue weighted by atomic mass is 9.94. The lowest BCUT2D eigenvalue weighted by molar-refractivity contribution is -0.135. The summed E-state index contributed by atoms with van der Waals surface area (Å²) in [5, 5.41) is 15.3. The highest BCUT2D eigenvalue weighted by molar-refractivity contribution is 6.90. The first kappa shape index (κ1) is 71.1. The number of aliphatic hydroxyl groups is 1. The maximum absolute atomic E-state index is 18.6. The molecule has 6 aromatic rings. The number of hydrogen-bond acceptors (Lipinski definition) is 14. The Morgan fingerprint density at radius 3 is 2.23 bits per heavy atom. The minimum Gasteiger partial charge on any atom is -0.543 e. The third-order valence-electron chi connectivity index (χ3n) is 22.2. The number of carbonyl (C=O) groups excluding carboxylic acids is 3. The van der Waals surface area contributed by atoms with Gasteiger partial charge in [-0.15, -0.1) is 5.54 Å². The Labute approximate surface area is 572 Å². The van der Waals surface area contributed by atoms with Gasteiger partial charge in [0.1, 0.15) is 55.9 Å². The third-order valence-corrected chi connectivity index (χ3v) is 34.5. The predicted octanol–water partition coefficient (Wildman–Crippen LogP) is 13.7. The Balaban J connectivity index is 0.808. The monoisotopic (exact) mass is 1360 g/mol. The summed E-state index contributed by atoms with van der Waals surface area (Å²) >= 11 is 0. The van der Waals surface area contributed by atoms with E-state index in [1.807, 2.05) is 23.1 Å². The number of imidazole rings is 1. The fourth-order valence-corrected chi connectivity index (χ4v) is 28.0. The number of amides is 3. The van der Waals surface area contributed by atoms with E-state index in [0.29, 0.717) is 108 Å². The molecule has 18 nitrogen and oxygen atoms in total. The molecule has 1 unspecified atom stereocenters. The van der Waals surface area contributed by atoms with E-state index >= 15 is 8.78 Å². The normalized spacial score (nSPS) is 21.4. The van der Waals surface area contributed by atoms with Crippen LogP contribution < -0.4 is 25.1 Å². The van der Waals surface area contributed by atoms with Crippen molar-refractivity contribution in [3.8, 4) is 46.3 Å². The average Bonchev–Trinajstić information content (AvgIpc) is 0.796. The van der Waals surface area contributed by atoms with Crippen molar-refractivity contribution >= 4 is 72.8 Å². The summed E-state index contributed by atoms with van der Waals surface area (Å²) in [7, 11) is -3.32. The number of anilines is 1. The van der Waals surface area contributed by atoms with Crippen molar-refractivity contribution in [1.82, 2.24) is 39.2 Å². The van der Waals surface area contributed by atoms with E-state index in [4.69, 9.17) is 33.6 Å². The molecule has 3 aromatic carbocycles. The van der Waals surface area contributed by atoms with Crippen LogP contribution >= 0.6 is 0 Å². The van der Waals surface area contributed by atoms with Crippen LogP contribution in [0.2, 0.25) is 33.2 Å². The zero-order valence-corrected chi connectivity index (χ0v) is 61.3. The van der Waals surface area contributed by atoms with E-state index in [0.717, 1.165) is 32.2 Å². The van der Waals surface area contributed by atoms with Crippen molar-refractivity contribution in [3.63, 3.8) is 0 Å². The lowest BCUT2D eigenvalue weighted by Gasteiger charge is -2.42. The molecule has 3 amide bonds. The second kappa shape index (κ2) is 28.6. The van der Waals surface area contributed by atoms with Crippen LogP contribution in [0.5, 0.6) is 11.8 Å². The topological polar surface area (TPSA) is 196 Å². The zero-order chi connectivity index (χ0) is 69.6. The third kappa shape index (κ3) is 13.7. The van der Waals surface area contributed by atoms with E-state index in [9.17, 15) is 24.3 Å². The summed E-state index contributed by atoms with van der Waals surface area (Å²) < 4.78 is 64.9. The van der Waals surface area contributed by atoms with Gasteiger partial charge in [0.15, 0.2) is 5.82 Å². The molecule has 8 heterocycles. The first-order chi connectivity index (χ1) is 46.1. The second-order valence-electron chi connectivity index (χ2n) is 30.1. The molecule has 3 aromatic heterocycles. The van der Waals surface area contributed by atoms with Gasteiger partial charge in [0, 0.05) is 69.3 Å². The van der Waals surface area contributed by atoms with E-state index in [2.05, 4.69) is 117 Å². The molecule has 97 heavy (non-hydrogen) atoms. The molecule has 0 saturated carbocycles. The summed E-state index contributed by atoms with van der Waals surface area (Å²) in [6.45, 7) is 31.9. The van der Waals surface area contributed by atoms with Gasteiger partial charge in [-0.1, -0.05) is 113 Å². The summed E-state index contributed by atoms with van der Waals surface area (Å²) in [6.07, 6.45) is 7.91. The highest BCUT2D eigenvalue weighted by atomic mass is 28.4. The molecule has 0 aliphatic carbocycles. The van der Waals surface area contributed by atoms with E-state index in [1.165, 1.54) is 15.2 Å². The number of nitrogens with zero attached hydrogens (tertiary/aromatic N) is 8. The summed E-state index contributed by atoms with van der Waals surface area (Å²) in [4.78, 5) is 72.7. The van der Waals surface area contributed by atoms with Crippen molar-refractivity contribution < 1.29 is 46.9 Å². The summed E-state index contributed by atoms with van der Waals surface area (Å²) in [5.74, 6) is 8.74. The molecule has 5 saturated heterocycles. The number of aryl methyl sites for hydroxylation is 1. The quantitative estimate of drug-likeness (QED) is 0.0336. The number of piperidine rings is 3. The largest absolute Gasteiger partial charge is 0.543 e. The fraction of sp³-hybridized carbons (Fsp3) is 0.587. The maximum atomic E-state index is 18.6. The van der Waals surface area contributed by atoms with Crippen LogP contribution in [0, 0.1) is 34.9 Å². The number of carbonyl (C=O) groups is 3. The van der Waals surface area contributed by atoms with E-state index in [1.54, 1.807) is 43.3 Å². The molecule has 520 valence electrons.